The van der Waals surface area contributed by atoms with Crippen molar-refractivity contribution in [2.45, 2.75) is 38.3 Å². The van der Waals surface area contributed by atoms with Crippen LogP contribution in [-0.2, 0) is 11.2 Å². The Bertz CT molecular complexity index is 389. The molecule has 1 aliphatic heterocycles. The number of halogens is 1. The Morgan fingerprint density at radius 3 is 3.06 bits per heavy atom. The lowest BCUT2D eigenvalue weighted by Crippen LogP contribution is -2.28. The molecule has 1 aromatic rings. The first-order valence-electron chi connectivity index (χ1n) is 6.43. The van der Waals surface area contributed by atoms with Gasteiger partial charge in [-0.15, -0.1) is 0 Å². The number of rotatable bonds is 4. The first-order chi connectivity index (χ1) is 8.65. The van der Waals surface area contributed by atoms with E-state index < -0.39 is 0 Å². The minimum Gasteiger partial charge on any atom is -0.488 e. The second-order valence-corrected chi connectivity index (χ2v) is 5.75. The fourth-order valence-electron chi connectivity index (χ4n) is 2.12. The summed E-state index contributed by atoms with van der Waals surface area (Å²) in [5.74, 6) is 0.907. The molecule has 4 heteroatoms. The highest BCUT2D eigenvalue weighted by Gasteiger charge is 2.16. The van der Waals surface area contributed by atoms with Crippen LogP contribution >= 0.6 is 15.9 Å². The molecular weight excluding hydrogens is 294 g/mol. The van der Waals surface area contributed by atoms with Gasteiger partial charge in [-0.2, -0.15) is 0 Å². The van der Waals surface area contributed by atoms with Crippen LogP contribution in [0.4, 0.5) is 0 Å². The van der Waals surface area contributed by atoms with E-state index in [0.717, 1.165) is 36.1 Å². The van der Waals surface area contributed by atoms with Crippen molar-refractivity contribution in [1.29, 1.82) is 0 Å². The summed E-state index contributed by atoms with van der Waals surface area (Å²) in [5.41, 5.74) is 7.04. The summed E-state index contributed by atoms with van der Waals surface area (Å²) in [6, 6.07) is 6.23. The SMILES string of the molecule is CC(N)Cc1cc(OC2CCCOC2)ccc1Br. The molecule has 3 nitrogen and oxygen atoms in total. The summed E-state index contributed by atoms with van der Waals surface area (Å²) < 4.78 is 12.5. The van der Waals surface area contributed by atoms with Gasteiger partial charge < -0.3 is 15.2 Å². The summed E-state index contributed by atoms with van der Waals surface area (Å²) in [6.45, 7) is 3.56. The minimum absolute atomic E-state index is 0.148. The highest BCUT2D eigenvalue weighted by atomic mass is 79.9. The Morgan fingerprint density at radius 1 is 1.56 bits per heavy atom. The van der Waals surface area contributed by atoms with Gasteiger partial charge in [0, 0.05) is 17.1 Å². The molecule has 1 fully saturated rings. The molecule has 1 saturated heterocycles. The van der Waals surface area contributed by atoms with Gasteiger partial charge in [0.1, 0.15) is 11.9 Å². The number of nitrogens with two attached hydrogens (primary N) is 1. The third-order valence-corrected chi connectivity index (χ3v) is 3.75. The van der Waals surface area contributed by atoms with Crippen LogP contribution in [-0.4, -0.2) is 25.4 Å². The molecular formula is C14H20BrNO2. The molecule has 1 heterocycles. The average molecular weight is 314 g/mol. The number of hydrogen-bond donors (Lipinski definition) is 1. The topological polar surface area (TPSA) is 44.5 Å². The van der Waals surface area contributed by atoms with Gasteiger partial charge in [0.25, 0.3) is 0 Å². The smallest absolute Gasteiger partial charge is 0.122 e. The van der Waals surface area contributed by atoms with Crippen LogP contribution in [0.15, 0.2) is 22.7 Å². The molecule has 1 aromatic carbocycles. The second-order valence-electron chi connectivity index (χ2n) is 4.89. The van der Waals surface area contributed by atoms with Crippen LogP contribution in [0.3, 0.4) is 0 Å². The van der Waals surface area contributed by atoms with Gasteiger partial charge >= 0.3 is 0 Å². The van der Waals surface area contributed by atoms with Crippen molar-refractivity contribution in [1.82, 2.24) is 0 Å². The fraction of sp³-hybridized carbons (Fsp3) is 0.571. The molecule has 18 heavy (non-hydrogen) atoms. The lowest BCUT2D eigenvalue weighted by molar-refractivity contribution is 0.00739. The lowest BCUT2D eigenvalue weighted by atomic mass is 10.1. The van der Waals surface area contributed by atoms with Crippen LogP contribution in [0.2, 0.25) is 0 Å². The van der Waals surface area contributed by atoms with E-state index in [1.807, 2.05) is 19.1 Å². The van der Waals surface area contributed by atoms with E-state index >= 15 is 0 Å². The lowest BCUT2D eigenvalue weighted by Gasteiger charge is -2.23. The maximum absolute atomic E-state index is 5.95. The largest absolute Gasteiger partial charge is 0.488 e. The molecule has 100 valence electrons. The zero-order valence-electron chi connectivity index (χ0n) is 10.7. The summed E-state index contributed by atoms with van der Waals surface area (Å²) in [6.07, 6.45) is 3.17. The third kappa shape index (κ3) is 3.97. The van der Waals surface area contributed by atoms with Crippen LogP contribution < -0.4 is 10.5 Å². The van der Waals surface area contributed by atoms with Crippen molar-refractivity contribution in [3.05, 3.63) is 28.2 Å². The highest BCUT2D eigenvalue weighted by Crippen LogP contribution is 2.25. The molecule has 0 aromatic heterocycles. The Morgan fingerprint density at radius 2 is 2.39 bits per heavy atom. The number of benzene rings is 1. The molecule has 0 spiro atoms. The van der Waals surface area contributed by atoms with E-state index in [2.05, 4.69) is 22.0 Å². The predicted molar refractivity (Wildman–Crippen MR) is 76.0 cm³/mol. The quantitative estimate of drug-likeness (QED) is 0.929. The summed E-state index contributed by atoms with van der Waals surface area (Å²) in [4.78, 5) is 0. The minimum atomic E-state index is 0.148. The normalized spacial score (nSPS) is 21.6. The standard InChI is InChI=1S/C14H20BrNO2/c1-10(16)7-11-8-12(4-5-14(11)15)18-13-3-2-6-17-9-13/h4-5,8,10,13H,2-3,6-7,9,16H2,1H3. The first-order valence-corrected chi connectivity index (χ1v) is 7.23. The molecule has 0 aliphatic carbocycles. The molecule has 2 atom stereocenters. The molecule has 2 N–H and O–H groups in total. The zero-order valence-corrected chi connectivity index (χ0v) is 12.3. The van der Waals surface area contributed by atoms with Crippen LogP contribution in [0, 0.1) is 0 Å². The van der Waals surface area contributed by atoms with E-state index in [-0.39, 0.29) is 12.1 Å². The number of ether oxygens (including phenoxy) is 2. The van der Waals surface area contributed by atoms with Gasteiger partial charge in [-0.3, -0.25) is 0 Å². The second kappa shape index (κ2) is 6.55. The van der Waals surface area contributed by atoms with E-state index in [4.69, 9.17) is 15.2 Å². The van der Waals surface area contributed by atoms with Crippen LogP contribution in [0.5, 0.6) is 5.75 Å². The van der Waals surface area contributed by atoms with Crippen molar-refractivity contribution >= 4 is 15.9 Å². The van der Waals surface area contributed by atoms with E-state index in [0.29, 0.717) is 6.61 Å². The maximum Gasteiger partial charge on any atom is 0.122 e. The zero-order chi connectivity index (χ0) is 13.0. The third-order valence-electron chi connectivity index (χ3n) is 2.98. The Kier molecular flexibility index (Phi) is 5.03. The van der Waals surface area contributed by atoms with Crippen LogP contribution in [0.1, 0.15) is 25.3 Å². The average Bonchev–Trinajstić information content (AvgIpc) is 2.34. The van der Waals surface area contributed by atoms with Crippen molar-refractivity contribution in [2.75, 3.05) is 13.2 Å². The van der Waals surface area contributed by atoms with Crippen molar-refractivity contribution in [2.24, 2.45) is 5.73 Å². The van der Waals surface area contributed by atoms with Gasteiger partial charge in [0.2, 0.25) is 0 Å². The summed E-state index contributed by atoms with van der Waals surface area (Å²) in [5, 5.41) is 0. The molecule has 1 aliphatic rings. The predicted octanol–water partition coefficient (Wildman–Crippen LogP) is 2.90. The van der Waals surface area contributed by atoms with Gasteiger partial charge in [0.05, 0.1) is 6.61 Å². The van der Waals surface area contributed by atoms with Gasteiger partial charge in [-0.25, -0.2) is 0 Å². The maximum atomic E-state index is 5.95. The molecule has 0 bridgehead atoms. The highest BCUT2D eigenvalue weighted by molar-refractivity contribution is 9.10. The van der Waals surface area contributed by atoms with Crippen LogP contribution in [0.25, 0.3) is 0 Å². The Hall–Kier alpha value is -0.580. The van der Waals surface area contributed by atoms with E-state index in [1.54, 1.807) is 0 Å². The fourth-order valence-corrected chi connectivity index (χ4v) is 2.53. The molecule has 2 unspecified atom stereocenters. The summed E-state index contributed by atoms with van der Waals surface area (Å²) in [7, 11) is 0. The van der Waals surface area contributed by atoms with Crippen molar-refractivity contribution in [3.63, 3.8) is 0 Å². The van der Waals surface area contributed by atoms with E-state index in [9.17, 15) is 0 Å². The summed E-state index contributed by atoms with van der Waals surface area (Å²) >= 11 is 3.55. The molecule has 0 amide bonds. The Balaban J connectivity index is 2.03. The Labute approximate surface area is 117 Å². The van der Waals surface area contributed by atoms with Crippen molar-refractivity contribution < 1.29 is 9.47 Å². The van der Waals surface area contributed by atoms with Crippen molar-refractivity contribution in [3.8, 4) is 5.75 Å². The molecule has 0 radical (unpaired) electrons. The van der Waals surface area contributed by atoms with Gasteiger partial charge in [-0.05, 0) is 49.9 Å². The van der Waals surface area contributed by atoms with Gasteiger partial charge in [-0.1, -0.05) is 15.9 Å². The first kappa shape index (κ1) is 13.8. The monoisotopic (exact) mass is 313 g/mol. The number of hydrogen-bond acceptors (Lipinski definition) is 3. The molecule has 0 saturated carbocycles. The van der Waals surface area contributed by atoms with E-state index in [1.165, 1.54) is 5.56 Å². The molecule has 2 rings (SSSR count). The van der Waals surface area contributed by atoms with Gasteiger partial charge in [0.15, 0.2) is 0 Å².